The molecular weight excluding hydrogens is 222 g/mol. The van der Waals surface area contributed by atoms with Crippen LogP contribution in [0, 0.1) is 10.1 Å². The standard InChI is InChI=1S/C6H7N5O5/c7-9-4(12)2-10-1-3(11(15)16)5(13)8-6(10)14/h1H,2,7H2,(H,9,12)(H,8,13,14). The first-order valence-electron chi connectivity index (χ1n) is 3.93. The highest BCUT2D eigenvalue weighted by atomic mass is 16.6. The van der Waals surface area contributed by atoms with Crippen LogP contribution in [0.15, 0.2) is 15.8 Å². The zero-order valence-corrected chi connectivity index (χ0v) is 7.80. The minimum absolute atomic E-state index is 0.521. The van der Waals surface area contributed by atoms with Gasteiger partial charge < -0.3 is 0 Å². The maximum Gasteiger partial charge on any atom is 0.350 e. The van der Waals surface area contributed by atoms with E-state index in [0.717, 1.165) is 0 Å². The number of aromatic nitrogens is 2. The summed E-state index contributed by atoms with van der Waals surface area (Å²) in [5.41, 5.74) is -1.14. The highest BCUT2D eigenvalue weighted by molar-refractivity contribution is 5.74. The quantitative estimate of drug-likeness (QED) is 0.224. The summed E-state index contributed by atoms with van der Waals surface area (Å²) in [6.07, 6.45) is 0.677. The molecule has 0 atom stereocenters. The molecule has 0 aliphatic heterocycles. The van der Waals surface area contributed by atoms with Gasteiger partial charge in [-0.15, -0.1) is 0 Å². The van der Waals surface area contributed by atoms with Crippen molar-refractivity contribution in [1.82, 2.24) is 15.0 Å². The number of nitrogens with zero attached hydrogens (tertiary/aromatic N) is 2. The van der Waals surface area contributed by atoms with Crippen LogP contribution in [0.25, 0.3) is 0 Å². The Kier molecular flexibility index (Phi) is 3.15. The Labute approximate surface area is 86.8 Å². The predicted molar refractivity (Wildman–Crippen MR) is 50.3 cm³/mol. The van der Waals surface area contributed by atoms with Crippen molar-refractivity contribution in [2.75, 3.05) is 0 Å². The van der Waals surface area contributed by atoms with Gasteiger partial charge in [0.2, 0.25) is 0 Å². The molecule has 0 fully saturated rings. The lowest BCUT2D eigenvalue weighted by Crippen LogP contribution is -2.38. The number of rotatable bonds is 3. The molecule has 4 N–H and O–H groups in total. The average molecular weight is 229 g/mol. The zero-order valence-electron chi connectivity index (χ0n) is 7.80. The Morgan fingerprint density at radius 2 is 2.25 bits per heavy atom. The molecule has 1 aromatic rings. The van der Waals surface area contributed by atoms with Gasteiger partial charge >= 0.3 is 16.9 Å². The highest BCUT2D eigenvalue weighted by Crippen LogP contribution is 1.98. The second-order valence-corrected chi connectivity index (χ2v) is 2.73. The van der Waals surface area contributed by atoms with Gasteiger partial charge in [0.05, 0.1) is 11.1 Å². The summed E-state index contributed by atoms with van der Waals surface area (Å²) in [4.78, 5) is 44.1. The number of carbonyl (C=O) groups is 1. The van der Waals surface area contributed by atoms with Crippen molar-refractivity contribution < 1.29 is 9.72 Å². The van der Waals surface area contributed by atoms with Gasteiger partial charge in [-0.3, -0.25) is 34.7 Å². The summed E-state index contributed by atoms with van der Waals surface area (Å²) >= 11 is 0. The van der Waals surface area contributed by atoms with E-state index in [2.05, 4.69) is 0 Å². The molecule has 1 rings (SSSR count). The van der Waals surface area contributed by atoms with E-state index in [9.17, 15) is 24.5 Å². The second kappa shape index (κ2) is 4.35. The second-order valence-electron chi connectivity index (χ2n) is 2.73. The monoisotopic (exact) mass is 229 g/mol. The van der Waals surface area contributed by atoms with Crippen LogP contribution in [0.1, 0.15) is 0 Å². The third-order valence-electron chi connectivity index (χ3n) is 1.66. The van der Waals surface area contributed by atoms with E-state index in [-0.39, 0.29) is 0 Å². The smallest absolute Gasteiger partial charge is 0.293 e. The van der Waals surface area contributed by atoms with E-state index in [0.29, 0.717) is 10.8 Å². The molecule has 1 aromatic heterocycles. The fraction of sp³-hybridized carbons (Fsp3) is 0.167. The van der Waals surface area contributed by atoms with Crippen LogP contribution in [-0.2, 0) is 11.3 Å². The molecular formula is C6H7N5O5. The molecule has 16 heavy (non-hydrogen) atoms. The number of hydrogen-bond acceptors (Lipinski definition) is 6. The summed E-state index contributed by atoms with van der Waals surface area (Å²) in [6.45, 7) is -0.521. The van der Waals surface area contributed by atoms with Crippen molar-refractivity contribution in [3.05, 3.63) is 37.1 Å². The molecule has 10 nitrogen and oxygen atoms in total. The molecule has 0 unspecified atom stereocenters. The molecule has 0 spiro atoms. The third-order valence-corrected chi connectivity index (χ3v) is 1.66. The van der Waals surface area contributed by atoms with Gasteiger partial charge in [0.1, 0.15) is 6.54 Å². The van der Waals surface area contributed by atoms with Gasteiger partial charge in [-0.2, -0.15) is 0 Å². The SMILES string of the molecule is NNC(=O)Cn1cc([N+](=O)[O-])c(=O)[nH]c1=O. The number of aromatic amines is 1. The number of carbonyl (C=O) groups excluding carboxylic acids is 1. The first-order valence-corrected chi connectivity index (χ1v) is 3.93. The Morgan fingerprint density at radius 3 is 2.75 bits per heavy atom. The van der Waals surface area contributed by atoms with Crippen molar-refractivity contribution in [1.29, 1.82) is 0 Å². The van der Waals surface area contributed by atoms with Crippen molar-refractivity contribution in [3.63, 3.8) is 0 Å². The average Bonchev–Trinajstić information content (AvgIpc) is 2.21. The summed E-state index contributed by atoms with van der Waals surface area (Å²) in [6, 6.07) is 0. The number of nitrogens with one attached hydrogen (secondary N) is 2. The van der Waals surface area contributed by atoms with Gasteiger partial charge in [0, 0.05) is 0 Å². The van der Waals surface area contributed by atoms with Crippen molar-refractivity contribution in [3.8, 4) is 0 Å². The number of nitro groups is 1. The number of H-pyrrole nitrogens is 1. The largest absolute Gasteiger partial charge is 0.350 e. The molecule has 0 aliphatic rings. The topological polar surface area (TPSA) is 153 Å². The van der Waals surface area contributed by atoms with E-state index >= 15 is 0 Å². The van der Waals surface area contributed by atoms with E-state index < -0.39 is 34.3 Å². The van der Waals surface area contributed by atoms with Gasteiger partial charge in [0.25, 0.3) is 5.91 Å². The number of hydrazine groups is 1. The van der Waals surface area contributed by atoms with Crippen molar-refractivity contribution in [2.24, 2.45) is 5.84 Å². The first kappa shape index (κ1) is 11.6. The summed E-state index contributed by atoms with van der Waals surface area (Å²) < 4.78 is 0.668. The predicted octanol–water partition coefficient (Wildman–Crippen LogP) is -2.57. The van der Waals surface area contributed by atoms with E-state index in [1.54, 1.807) is 10.4 Å². The number of amides is 1. The Balaban J connectivity index is 3.25. The van der Waals surface area contributed by atoms with Crippen LogP contribution in [-0.4, -0.2) is 20.4 Å². The number of hydrogen-bond donors (Lipinski definition) is 3. The summed E-state index contributed by atoms with van der Waals surface area (Å²) in [7, 11) is 0. The Bertz CT molecular complexity index is 543. The Morgan fingerprint density at radius 1 is 1.62 bits per heavy atom. The van der Waals surface area contributed by atoms with Crippen LogP contribution in [0.3, 0.4) is 0 Å². The van der Waals surface area contributed by atoms with Gasteiger partial charge in [-0.05, 0) is 0 Å². The van der Waals surface area contributed by atoms with Gasteiger partial charge in [-0.25, -0.2) is 10.6 Å². The molecule has 1 heterocycles. The maximum atomic E-state index is 11.1. The van der Waals surface area contributed by atoms with E-state index in [1.807, 2.05) is 0 Å². The van der Waals surface area contributed by atoms with Crippen LogP contribution >= 0.6 is 0 Å². The first-order chi connectivity index (χ1) is 7.45. The minimum Gasteiger partial charge on any atom is -0.293 e. The van der Waals surface area contributed by atoms with E-state index in [4.69, 9.17) is 5.84 Å². The normalized spacial score (nSPS) is 9.81. The molecule has 10 heteroatoms. The molecule has 0 aliphatic carbocycles. The van der Waals surface area contributed by atoms with Crippen molar-refractivity contribution >= 4 is 11.6 Å². The summed E-state index contributed by atoms with van der Waals surface area (Å²) in [5.74, 6) is 4.04. The van der Waals surface area contributed by atoms with E-state index in [1.165, 1.54) is 0 Å². The fourth-order valence-electron chi connectivity index (χ4n) is 0.946. The molecule has 0 aromatic carbocycles. The molecule has 0 saturated heterocycles. The molecule has 86 valence electrons. The third kappa shape index (κ3) is 2.30. The van der Waals surface area contributed by atoms with Crippen LogP contribution in [0.2, 0.25) is 0 Å². The van der Waals surface area contributed by atoms with Gasteiger partial charge in [0.15, 0.2) is 0 Å². The van der Waals surface area contributed by atoms with Crippen LogP contribution in [0.4, 0.5) is 5.69 Å². The fourth-order valence-corrected chi connectivity index (χ4v) is 0.946. The lowest BCUT2D eigenvalue weighted by Gasteiger charge is -2.02. The lowest BCUT2D eigenvalue weighted by molar-refractivity contribution is -0.386. The van der Waals surface area contributed by atoms with Crippen LogP contribution < -0.4 is 22.5 Å². The van der Waals surface area contributed by atoms with Crippen molar-refractivity contribution in [2.45, 2.75) is 6.54 Å². The van der Waals surface area contributed by atoms with Crippen LogP contribution in [0.5, 0.6) is 0 Å². The summed E-state index contributed by atoms with van der Waals surface area (Å²) in [5, 5.41) is 10.4. The lowest BCUT2D eigenvalue weighted by atomic mass is 10.5. The van der Waals surface area contributed by atoms with Gasteiger partial charge in [-0.1, -0.05) is 0 Å². The maximum absolute atomic E-state index is 11.1. The Hall–Kier alpha value is -2.49. The highest BCUT2D eigenvalue weighted by Gasteiger charge is 2.15. The molecule has 0 bridgehead atoms. The number of nitrogens with two attached hydrogens (primary N) is 1. The zero-order chi connectivity index (χ0) is 12.3. The molecule has 0 saturated carbocycles. The molecule has 0 radical (unpaired) electrons. The molecule has 1 amide bonds. The minimum atomic E-state index is -1.13.